The Kier molecular flexibility index (Phi) is 1.81. The fourth-order valence-electron chi connectivity index (χ4n) is 1.80. The van der Waals surface area contributed by atoms with E-state index in [4.69, 9.17) is 0 Å². The molecule has 0 aliphatic heterocycles. The summed E-state index contributed by atoms with van der Waals surface area (Å²) >= 11 is 0. The molecule has 3 heteroatoms. The van der Waals surface area contributed by atoms with Crippen LogP contribution in [0, 0.1) is 5.41 Å². The van der Waals surface area contributed by atoms with E-state index in [0.29, 0.717) is 6.42 Å². The lowest BCUT2D eigenvalue weighted by atomic mass is 9.74. The molecule has 1 aliphatic carbocycles. The van der Waals surface area contributed by atoms with Crippen LogP contribution in [0.1, 0.15) is 33.1 Å². The number of ketones is 1. The summed E-state index contributed by atoms with van der Waals surface area (Å²) in [5, 5.41) is 18.4. The highest BCUT2D eigenvalue weighted by atomic mass is 16.5. The molecule has 0 aromatic heterocycles. The third-order valence-corrected chi connectivity index (χ3v) is 1.92. The first kappa shape index (κ1) is 8.68. The van der Waals surface area contributed by atoms with E-state index >= 15 is 0 Å². The van der Waals surface area contributed by atoms with E-state index in [2.05, 4.69) is 0 Å². The fraction of sp³-hybridized carbons (Fsp3) is 0.875. The molecule has 1 saturated carbocycles. The highest BCUT2D eigenvalue weighted by Crippen LogP contribution is 2.37. The Bertz CT molecular complexity index is 164. The fourth-order valence-corrected chi connectivity index (χ4v) is 1.80. The molecule has 11 heavy (non-hydrogen) atoms. The summed E-state index contributed by atoms with van der Waals surface area (Å²) in [6.07, 6.45) is 0.623. The molecule has 1 rings (SSSR count). The van der Waals surface area contributed by atoms with Gasteiger partial charge >= 0.3 is 0 Å². The minimum Gasteiger partial charge on any atom is -0.365 e. The Balaban J connectivity index is 2.74. The first-order chi connectivity index (χ1) is 4.81. The monoisotopic (exact) mass is 158 g/mol. The van der Waals surface area contributed by atoms with Gasteiger partial charge in [0.05, 0.1) is 6.42 Å². The van der Waals surface area contributed by atoms with Crippen LogP contribution < -0.4 is 0 Å². The number of Topliss-reactive ketones (excluding diaryl/α,β-unsaturated/α-hetero) is 1. The average molecular weight is 158 g/mol. The molecule has 0 spiro atoms. The van der Waals surface area contributed by atoms with Crippen LogP contribution in [0.15, 0.2) is 0 Å². The van der Waals surface area contributed by atoms with Gasteiger partial charge in [-0.2, -0.15) is 0 Å². The summed E-state index contributed by atoms with van der Waals surface area (Å²) in [5.74, 6) is -1.83. The second kappa shape index (κ2) is 2.29. The molecule has 0 saturated heterocycles. The van der Waals surface area contributed by atoms with Crippen LogP contribution >= 0.6 is 0 Å². The van der Waals surface area contributed by atoms with Gasteiger partial charge in [-0.05, 0) is 5.41 Å². The number of aliphatic hydroxyl groups is 2. The molecule has 0 bridgehead atoms. The van der Waals surface area contributed by atoms with E-state index in [1.165, 1.54) is 0 Å². The lowest BCUT2D eigenvalue weighted by Crippen LogP contribution is -2.42. The summed E-state index contributed by atoms with van der Waals surface area (Å²) in [4.78, 5) is 11.0. The predicted molar refractivity (Wildman–Crippen MR) is 39.8 cm³/mol. The van der Waals surface area contributed by atoms with Crippen LogP contribution in [-0.2, 0) is 4.79 Å². The molecule has 1 fully saturated rings. The minimum atomic E-state index is -1.77. The van der Waals surface area contributed by atoms with Gasteiger partial charge in [-0.3, -0.25) is 4.79 Å². The van der Waals surface area contributed by atoms with Gasteiger partial charge < -0.3 is 10.2 Å². The van der Waals surface area contributed by atoms with Gasteiger partial charge in [0.25, 0.3) is 0 Å². The molecule has 3 nitrogen and oxygen atoms in total. The maximum atomic E-state index is 11.0. The number of carbonyl (C=O) groups is 1. The van der Waals surface area contributed by atoms with Gasteiger partial charge in [0.15, 0.2) is 5.79 Å². The molecule has 0 unspecified atom stereocenters. The summed E-state index contributed by atoms with van der Waals surface area (Å²) in [5.41, 5.74) is -0.265. The van der Waals surface area contributed by atoms with Gasteiger partial charge in [0.1, 0.15) is 5.78 Å². The van der Waals surface area contributed by atoms with Crippen molar-refractivity contribution in [3.63, 3.8) is 0 Å². The predicted octanol–water partition coefficient (Wildman–Crippen LogP) is 0.447. The molecular weight excluding hydrogens is 144 g/mol. The molecular formula is C8H14O3. The van der Waals surface area contributed by atoms with Crippen LogP contribution in [0.3, 0.4) is 0 Å². The Morgan fingerprint density at radius 2 is 1.82 bits per heavy atom. The highest BCUT2D eigenvalue weighted by molar-refractivity contribution is 5.80. The minimum absolute atomic E-state index is 0.0637. The van der Waals surface area contributed by atoms with E-state index < -0.39 is 5.79 Å². The number of rotatable bonds is 0. The molecule has 0 heterocycles. The zero-order valence-corrected chi connectivity index (χ0v) is 6.92. The maximum absolute atomic E-state index is 11.0. The van der Waals surface area contributed by atoms with E-state index in [9.17, 15) is 15.0 Å². The molecule has 0 radical (unpaired) electrons. The molecule has 0 aromatic rings. The van der Waals surface area contributed by atoms with Crippen molar-refractivity contribution in [1.82, 2.24) is 0 Å². The lowest BCUT2D eigenvalue weighted by molar-refractivity contribution is -0.200. The van der Waals surface area contributed by atoms with E-state index in [1.807, 2.05) is 13.8 Å². The highest BCUT2D eigenvalue weighted by Gasteiger charge is 2.40. The van der Waals surface area contributed by atoms with Crippen molar-refractivity contribution >= 4 is 5.78 Å². The van der Waals surface area contributed by atoms with E-state index in [1.54, 1.807) is 0 Å². The number of hydrogen-bond donors (Lipinski definition) is 2. The summed E-state index contributed by atoms with van der Waals surface area (Å²) in [6.45, 7) is 3.73. The van der Waals surface area contributed by atoms with Crippen molar-refractivity contribution < 1.29 is 15.0 Å². The Morgan fingerprint density at radius 1 is 1.27 bits per heavy atom. The van der Waals surface area contributed by atoms with Gasteiger partial charge in [-0.1, -0.05) is 13.8 Å². The van der Waals surface area contributed by atoms with Crippen LogP contribution in [0.2, 0.25) is 0 Å². The lowest BCUT2D eigenvalue weighted by Gasteiger charge is -2.36. The third-order valence-electron chi connectivity index (χ3n) is 1.92. The van der Waals surface area contributed by atoms with E-state index in [0.717, 1.165) is 0 Å². The number of hydrogen-bond acceptors (Lipinski definition) is 3. The second-order valence-electron chi connectivity index (χ2n) is 4.22. The molecule has 64 valence electrons. The van der Waals surface area contributed by atoms with Crippen molar-refractivity contribution in [1.29, 1.82) is 0 Å². The Labute approximate surface area is 66.0 Å². The largest absolute Gasteiger partial charge is 0.365 e. The van der Waals surface area contributed by atoms with Crippen molar-refractivity contribution in [2.75, 3.05) is 0 Å². The first-order valence-corrected chi connectivity index (χ1v) is 3.77. The third kappa shape index (κ3) is 2.27. The Hall–Kier alpha value is -0.410. The molecule has 0 atom stereocenters. The van der Waals surface area contributed by atoms with Crippen LogP contribution in [0.25, 0.3) is 0 Å². The van der Waals surface area contributed by atoms with E-state index in [-0.39, 0.29) is 24.0 Å². The van der Waals surface area contributed by atoms with Crippen LogP contribution in [0.4, 0.5) is 0 Å². The molecule has 0 amide bonds. The maximum Gasteiger partial charge on any atom is 0.169 e. The summed E-state index contributed by atoms with van der Waals surface area (Å²) in [7, 11) is 0. The van der Waals surface area contributed by atoms with Crippen LogP contribution in [-0.4, -0.2) is 21.8 Å². The number of carbonyl (C=O) groups excluding carboxylic acids is 1. The topological polar surface area (TPSA) is 57.5 Å². The van der Waals surface area contributed by atoms with Gasteiger partial charge in [-0.25, -0.2) is 0 Å². The second-order valence-corrected chi connectivity index (χ2v) is 4.22. The zero-order valence-electron chi connectivity index (χ0n) is 6.92. The normalized spacial score (nSPS) is 28.5. The summed E-state index contributed by atoms with van der Waals surface area (Å²) in [6, 6.07) is 0. The van der Waals surface area contributed by atoms with Gasteiger partial charge in [-0.15, -0.1) is 0 Å². The summed E-state index contributed by atoms with van der Waals surface area (Å²) < 4.78 is 0. The standard InChI is InChI=1S/C8H14O3/c1-7(2)3-6(9)4-8(10,11)5-7/h10-11H,3-5H2,1-2H3. The smallest absolute Gasteiger partial charge is 0.169 e. The molecule has 2 N–H and O–H groups in total. The SMILES string of the molecule is CC1(C)CC(=O)CC(O)(O)C1. The molecule has 1 aliphatic rings. The first-order valence-electron chi connectivity index (χ1n) is 3.77. The van der Waals surface area contributed by atoms with Crippen molar-refractivity contribution in [2.24, 2.45) is 5.41 Å². The quantitative estimate of drug-likeness (QED) is 0.503. The molecule has 0 aromatic carbocycles. The van der Waals surface area contributed by atoms with Gasteiger partial charge in [0, 0.05) is 12.8 Å². The van der Waals surface area contributed by atoms with Crippen molar-refractivity contribution in [3.8, 4) is 0 Å². The van der Waals surface area contributed by atoms with Crippen molar-refractivity contribution in [2.45, 2.75) is 38.9 Å². The zero-order chi connectivity index (χ0) is 8.70. The van der Waals surface area contributed by atoms with Crippen LogP contribution in [0.5, 0.6) is 0 Å². The Morgan fingerprint density at radius 3 is 2.18 bits per heavy atom. The average Bonchev–Trinajstić information content (AvgIpc) is 1.49. The van der Waals surface area contributed by atoms with Crippen molar-refractivity contribution in [3.05, 3.63) is 0 Å². The van der Waals surface area contributed by atoms with Gasteiger partial charge in [0.2, 0.25) is 0 Å².